The first kappa shape index (κ1) is 22.2. The topological polar surface area (TPSA) is 96.0 Å². The van der Waals surface area contributed by atoms with Gasteiger partial charge in [-0.05, 0) is 42.0 Å². The Balaban J connectivity index is 1.13. The predicted molar refractivity (Wildman–Crippen MR) is 131 cm³/mol. The number of fused-ring (bicyclic) bond motifs is 1. The van der Waals surface area contributed by atoms with E-state index < -0.39 is 0 Å². The van der Waals surface area contributed by atoms with Crippen molar-refractivity contribution in [3.63, 3.8) is 0 Å². The summed E-state index contributed by atoms with van der Waals surface area (Å²) in [5, 5.41) is 8.20. The van der Waals surface area contributed by atoms with Gasteiger partial charge in [0.05, 0.1) is 0 Å². The quantitative estimate of drug-likeness (QED) is 0.559. The van der Waals surface area contributed by atoms with E-state index >= 15 is 0 Å². The molecule has 3 aromatic rings. The van der Waals surface area contributed by atoms with E-state index in [-0.39, 0.29) is 18.6 Å². The zero-order valence-electron chi connectivity index (χ0n) is 18.7. The molecule has 5 rings (SSSR count). The molecule has 176 valence electrons. The Kier molecular flexibility index (Phi) is 6.33. The van der Waals surface area contributed by atoms with Crippen molar-refractivity contribution in [1.29, 1.82) is 0 Å². The van der Waals surface area contributed by atoms with E-state index in [1.54, 1.807) is 29.6 Å². The monoisotopic (exact) mass is 479 g/mol. The maximum absolute atomic E-state index is 12.6. The van der Waals surface area contributed by atoms with Gasteiger partial charge in [-0.25, -0.2) is 4.98 Å². The van der Waals surface area contributed by atoms with Crippen molar-refractivity contribution in [2.45, 2.75) is 13.5 Å². The first-order valence-corrected chi connectivity index (χ1v) is 11.9. The number of benzene rings is 2. The van der Waals surface area contributed by atoms with Crippen molar-refractivity contribution in [1.82, 2.24) is 9.88 Å². The number of amides is 2. The lowest BCUT2D eigenvalue weighted by atomic mass is 10.1. The summed E-state index contributed by atoms with van der Waals surface area (Å²) < 4.78 is 10.9. The molecule has 2 N–H and O–H groups in total. The zero-order chi connectivity index (χ0) is 23.5. The molecule has 9 nitrogen and oxygen atoms in total. The highest BCUT2D eigenvalue weighted by molar-refractivity contribution is 7.14. The van der Waals surface area contributed by atoms with Gasteiger partial charge in [0.25, 0.3) is 5.91 Å². The van der Waals surface area contributed by atoms with Gasteiger partial charge < -0.3 is 25.0 Å². The van der Waals surface area contributed by atoms with Gasteiger partial charge in [-0.2, -0.15) is 0 Å². The van der Waals surface area contributed by atoms with Crippen LogP contribution in [0.4, 0.5) is 16.5 Å². The van der Waals surface area contributed by atoms with Gasteiger partial charge in [-0.3, -0.25) is 14.5 Å². The van der Waals surface area contributed by atoms with Crippen LogP contribution in [0.5, 0.6) is 11.5 Å². The number of nitrogens with zero attached hydrogens (tertiary/aromatic N) is 3. The maximum Gasteiger partial charge on any atom is 0.275 e. The summed E-state index contributed by atoms with van der Waals surface area (Å²) in [6.07, 6.45) is 0. The summed E-state index contributed by atoms with van der Waals surface area (Å²) in [7, 11) is 0. The predicted octanol–water partition coefficient (Wildman–Crippen LogP) is 3.40. The van der Waals surface area contributed by atoms with Crippen molar-refractivity contribution in [2.75, 3.05) is 48.5 Å². The molecule has 1 aromatic heterocycles. The van der Waals surface area contributed by atoms with E-state index in [9.17, 15) is 9.59 Å². The van der Waals surface area contributed by atoms with E-state index in [1.165, 1.54) is 23.8 Å². The molecule has 0 bridgehead atoms. The second-order valence-electron chi connectivity index (χ2n) is 8.18. The number of anilines is 3. The van der Waals surface area contributed by atoms with E-state index in [2.05, 4.69) is 31.5 Å². The largest absolute Gasteiger partial charge is 0.454 e. The van der Waals surface area contributed by atoms with Crippen LogP contribution in [0, 0.1) is 0 Å². The summed E-state index contributed by atoms with van der Waals surface area (Å²) in [5.41, 5.74) is 2.93. The Labute approximate surface area is 201 Å². The molecule has 0 atom stereocenters. The second kappa shape index (κ2) is 9.70. The van der Waals surface area contributed by atoms with E-state index in [0.717, 1.165) is 49.4 Å². The van der Waals surface area contributed by atoms with Gasteiger partial charge in [-0.15, -0.1) is 11.3 Å². The fourth-order valence-electron chi connectivity index (χ4n) is 3.94. The van der Waals surface area contributed by atoms with Crippen LogP contribution >= 0.6 is 11.3 Å². The van der Waals surface area contributed by atoms with E-state index in [0.29, 0.717) is 17.1 Å². The van der Waals surface area contributed by atoms with E-state index in [1.807, 2.05) is 12.1 Å². The van der Waals surface area contributed by atoms with Crippen molar-refractivity contribution < 1.29 is 19.1 Å². The van der Waals surface area contributed by atoms with Crippen LogP contribution in [0.25, 0.3) is 0 Å². The molecule has 10 heteroatoms. The van der Waals surface area contributed by atoms with Crippen LogP contribution < -0.4 is 25.0 Å². The Bertz CT molecular complexity index is 1190. The molecule has 0 radical (unpaired) electrons. The summed E-state index contributed by atoms with van der Waals surface area (Å²) >= 11 is 1.48. The van der Waals surface area contributed by atoms with Crippen LogP contribution in [0.15, 0.2) is 47.8 Å². The van der Waals surface area contributed by atoms with Crippen molar-refractivity contribution in [3.05, 3.63) is 59.1 Å². The SMILES string of the molecule is CC(=O)Nc1ccc(NC(=O)c2csc(N3CCN(Cc4ccc5c(c4)OCO5)CC3)n2)cc1. The minimum atomic E-state index is -0.253. The first-order chi connectivity index (χ1) is 16.5. The normalized spacial score (nSPS) is 15.3. The summed E-state index contributed by atoms with van der Waals surface area (Å²) in [6, 6.07) is 13.1. The van der Waals surface area contributed by atoms with Gasteiger partial charge >= 0.3 is 0 Å². The van der Waals surface area contributed by atoms with Gasteiger partial charge in [-0.1, -0.05) is 6.07 Å². The molecule has 2 amide bonds. The summed E-state index contributed by atoms with van der Waals surface area (Å²) in [5.74, 6) is 1.23. The molecule has 3 heterocycles. The lowest BCUT2D eigenvalue weighted by Gasteiger charge is -2.34. The highest BCUT2D eigenvalue weighted by Crippen LogP contribution is 2.33. The number of carbonyl (C=O) groups excluding carboxylic acids is 2. The van der Waals surface area contributed by atoms with Crippen molar-refractivity contribution in [3.8, 4) is 11.5 Å². The molecular formula is C24H25N5O4S. The number of rotatable bonds is 6. The van der Waals surface area contributed by atoms with Gasteiger partial charge in [0, 0.05) is 56.4 Å². The first-order valence-electron chi connectivity index (χ1n) is 11.0. The average Bonchev–Trinajstić information content (AvgIpc) is 3.50. The Morgan fingerprint density at radius 3 is 2.41 bits per heavy atom. The van der Waals surface area contributed by atoms with Crippen LogP contribution in [0.3, 0.4) is 0 Å². The van der Waals surface area contributed by atoms with Crippen LogP contribution in [0.1, 0.15) is 23.0 Å². The molecule has 1 fully saturated rings. The van der Waals surface area contributed by atoms with Gasteiger partial charge in [0.1, 0.15) is 5.69 Å². The molecule has 0 spiro atoms. The fourth-order valence-corrected chi connectivity index (χ4v) is 4.80. The molecule has 34 heavy (non-hydrogen) atoms. The molecule has 0 aliphatic carbocycles. The third-order valence-corrected chi connectivity index (χ3v) is 6.58. The maximum atomic E-state index is 12.6. The summed E-state index contributed by atoms with van der Waals surface area (Å²) in [4.78, 5) is 32.9. The highest BCUT2D eigenvalue weighted by Gasteiger charge is 2.22. The Morgan fingerprint density at radius 2 is 1.68 bits per heavy atom. The van der Waals surface area contributed by atoms with Gasteiger partial charge in [0.2, 0.25) is 12.7 Å². The van der Waals surface area contributed by atoms with Crippen LogP contribution in [0.2, 0.25) is 0 Å². The minimum absolute atomic E-state index is 0.138. The molecule has 0 saturated carbocycles. The van der Waals surface area contributed by atoms with Gasteiger partial charge in [0.15, 0.2) is 16.6 Å². The number of thiazole rings is 1. The summed E-state index contributed by atoms with van der Waals surface area (Å²) in [6.45, 7) is 6.13. The van der Waals surface area contributed by atoms with Crippen molar-refractivity contribution in [2.24, 2.45) is 0 Å². The zero-order valence-corrected chi connectivity index (χ0v) is 19.6. The van der Waals surface area contributed by atoms with Crippen molar-refractivity contribution >= 4 is 39.7 Å². The number of nitrogens with one attached hydrogen (secondary N) is 2. The van der Waals surface area contributed by atoms with E-state index in [4.69, 9.17) is 9.47 Å². The molecule has 0 unspecified atom stereocenters. The highest BCUT2D eigenvalue weighted by atomic mass is 32.1. The average molecular weight is 480 g/mol. The standard InChI is InChI=1S/C24H25N5O4S/c1-16(30)25-18-3-5-19(6-4-18)26-23(31)20-14-34-24(27-20)29-10-8-28(9-11-29)13-17-2-7-21-22(12-17)33-15-32-21/h2-7,12,14H,8-11,13,15H2,1H3,(H,25,30)(H,26,31). The molecule has 2 aromatic carbocycles. The van der Waals surface area contributed by atoms with Crippen LogP contribution in [-0.2, 0) is 11.3 Å². The minimum Gasteiger partial charge on any atom is -0.454 e. The number of piperazine rings is 1. The smallest absolute Gasteiger partial charge is 0.275 e. The number of ether oxygens (including phenoxy) is 2. The lowest BCUT2D eigenvalue weighted by molar-refractivity contribution is -0.114. The Morgan fingerprint density at radius 1 is 0.971 bits per heavy atom. The molecule has 2 aliphatic heterocycles. The number of hydrogen-bond acceptors (Lipinski definition) is 8. The molecule has 2 aliphatic rings. The number of aromatic nitrogens is 1. The Hall–Kier alpha value is -3.63. The fraction of sp³-hybridized carbons (Fsp3) is 0.292. The number of hydrogen-bond donors (Lipinski definition) is 2. The molecule has 1 saturated heterocycles. The second-order valence-corrected chi connectivity index (χ2v) is 9.02. The third-order valence-electron chi connectivity index (χ3n) is 5.67. The third kappa shape index (κ3) is 5.13. The van der Waals surface area contributed by atoms with Crippen LogP contribution in [-0.4, -0.2) is 54.7 Å². The number of carbonyl (C=O) groups is 2. The lowest BCUT2D eigenvalue weighted by Crippen LogP contribution is -2.46. The molecular weight excluding hydrogens is 454 g/mol.